The van der Waals surface area contributed by atoms with Crippen molar-refractivity contribution < 1.29 is 18.0 Å². The molecule has 1 amide bonds. The van der Waals surface area contributed by atoms with Crippen LogP contribution in [0.25, 0.3) is 0 Å². The molecule has 0 aliphatic rings. The number of carbonyl (C=O) groups is 2. The number of amides is 1. The minimum atomic E-state index is -3.82. The van der Waals surface area contributed by atoms with Crippen LogP contribution < -0.4 is 0 Å². The van der Waals surface area contributed by atoms with Crippen molar-refractivity contribution in [3.8, 4) is 0 Å². The van der Waals surface area contributed by atoms with Gasteiger partial charge in [0, 0.05) is 14.1 Å². The normalized spacial score (nSPS) is 13.1. The first-order valence-electron chi connectivity index (χ1n) is 5.36. The van der Waals surface area contributed by atoms with E-state index in [2.05, 4.69) is 0 Å². The Morgan fingerprint density at radius 3 is 2.37 bits per heavy atom. The van der Waals surface area contributed by atoms with Crippen LogP contribution in [0.2, 0.25) is 4.34 Å². The number of hydrogen-bond acceptors (Lipinski definition) is 5. The summed E-state index contributed by atoms with van der Waals surface area (Å²) in [6, 6.07) is 3.01. The Kier molecular flexibility index (Phi) is 5.11. The van der Waals surface area contributed by atoms with Gasteiger partial charge in [0.25, 0.3) is 0 Å². The maximum absolute atomic E-state index is 12.0. The van der Waals surface area contributed by atoms with Crippen LogP contribution in [-0.2, 0) is 14.6 Å². The lowest BCUT2D eigenvalue weighted by atomic mass is 10.2. The highest BCUT2D eigenvalue weighted by atomic mass is 35.5. The van der Waals surface area contributed by atoms with Crippen LogP contribution >= 0.6 is 22.9 Å². The molecule has 1 rings (SSSR count). The van der Waals surface area contributed by atoms with Crippen LogP contribution in [0.15, 0.2) is 12.1 Å². The van der Waals surface area contributed by atoms with Gasteiger partial charge in [0.1, 0.15) is 11.0 Å². The van der Waals surface area contributed by atoms with Crippen LogP contribution in [0.5, 0.6) is 0 Å². The maximum atomic E-state index is 12.0. The first kappa shape index (κ1) is 16.1. The van der Waals surface area contributed by atoms with Crippen molar-refractivity contribution >= 4 is 44.5 Å². The predicted octanol–water partition coefficient (Wildman–Crippen LogP) is 1.48. The summed E-state index contributed by atoms with van der Waals surface area (Å²) in [5.41, 5.74) is 0. The van der Waals surface area contributed by atoms with E-state index in [-0.39, 0.29) is 4.88 Å². The summed E-state index contributed by atoms with van der Waals surface area (Å²) >= 11 is 6.73. The van der Waals surface area contributed by atoms with Gasteiger partial charge in [-0.25, -0.2) is 8.42 Å². The van der Waals surface area contributed by atoms with E-state index in [1.54, 1.807) is 0 Å². The monoisotopic (exact) mass is 323 g/mol. The van der Waals surface area contributed by atoms with Gasteiger partial charge in [0.05, 0.1) is 9.21 Å². The Labute approximate surface area is 121 Å². The molecule has 1 atom stereocenters. The number of hydrogen-bond donors (Lipinski definition) is 0. The van der Waals surface area contributed by atoms with Gasteiger partial charge in [0.15, 0.2) is 15.6 Å². The van der Waals surface area contributed by atoms with Gasteiger partial charge >= 0.3 is 0 Å². The minimum absolute atomic E-state index is 0.276. The van der Waals surface area contributed by atoms with Crippen molar-refractivity contribution in [2.24, 2.45) is 0 Å². The largest absolute Gasteiger partial charge is 0.348 e. The zero-order valence-electron chi connectivity index (χ0n) is 10.7. The summed E-state index contributed by atoms with van der Waals surface area (Å²) < 4.78 is 24.4. The van der Waals surface area contributed by atoms with Crippen LogP contribution in [0.1, 0.15) is 16.6 Å². The average molecular weight is 324 g/mol. The van der Waals surface area contributed by atoms with E-state index in [0.29, 0.717) is 4.34 Å². The Hall–Kier alpha value is -0.920. The minimum Gasteiger partial charge on any atom is -0.348 e. The molecule has 0 N–H and O–H groups in total. The SMILES string of the molecule is CC(C(=O)c1ccc(Cl)s1)S(=O)(=O)CC(=O)N(C)C. The first-order chi connectivity index (χ1) is 8.65. The van der Waals surface area contributed by atoms with Crippen molar-refractivity contribution in [1.82, 2.24) is 4.90 Å². The molecular weight excluding hydrogens is 310 g/mol. The van der Waals surface area contributed by atoms with Gasteiger partial charge in [-0.15, -0.1) is 11.3 Å². The number of thiophene rings is 1. The molecule has 19 heavy (non-hydrogen) atoms. The quantitative estimate of drug-likeness (QED) is 0.769. The number of sulfone groups is 1. The lowest BCUT2D eigenvalue weighted by molar-refractivity contribution is -0.125. The van der Waals surface area contributed by atoms with E-state index in [1.165, 1.54) is 38.1 Å². The molecule has 1 heterocycles. The number of halogens is 1. The molecule has 0 fully saturated rings. The molecule has 0 aliphatic carbocycles. The van der Waals surface area contributed by atoms with Gasteiger partial charge in [-0.3, -0.25) is 9.59 Å². The second kappa shape index (κ2) is 6.02. The summed E-state index contributed by atoms with van der Waals surface area (Å²) in [6.07, 6.45) is 0. The van der Waals surface area contributed by atoms with Gasteiger partial charge in [0.2, 0.25) is 5.91 Å². The summed E-state index contributed by atoms with van der Waals surface area (Å²) in [4.78, 5) is 24.9. The van der Waals surface area contributed by atoms with E-state index in [4.69, 9.17) is 11.6 Å². The molecule has 1 aromatic rings. The molecule has 0 radical (unpaired) electrons. The summed E-state index contributed by atoms with van der Waals surface area (Å²) in [5.74, 6) is -1.77. The highest BCUT2D eigenvalue weighted by molar-refractivity contribution is 7.93. The molecule has 0 saturated heterocycles. The Balaban J connectivity index is 2.90. The maximum Gasteiger partial charge on any atom is 0.237 e. The fourth-order valence-electron chi connectivity index (χ4n) is 1.24. The lowest BCUT2D eigenvalue weighted by Crippen LogP contribution is -2.36. The van der Waals surface area contributed by atoms with E-state index in [0.717, 1.165) is 11.3 Å². The van der Waals surface area contributed by atoms with Crippen LogP contribution in [-0.4, -0.2) is 50.1 Å². The number of nitrogens with zero attached hydrogens (tertiary/aromatic N) is 1. The summed E-state index contributed by atoms with van der Waals surface area (Å²) in [7, 11) is -0.896. The number of Topliss-reactive ketones (excluding diaryl/α,β-unsaturated/α-hetero) is 1. The Morgan fingerprint density at radius 2 is 1.95 bits per heavy atom. The standard InChI is InChI=1S/C11H14ClNO4S2/c1-7(11(15)8-4-5-9(12)18-8)19(16,17)6-10(14)13(2)3/h4-5,7H,6H2,1-3H3. The summed E-state index contributed by atoms with van der Waals surface area (Å²) in [5, 5.41) is -1.26. The Bertz CT molecular complexity index is 592. The van der Waals surface area contributed by atoms with Crippen molar-refractivity contribution in [1.29, 1.82) is 0 Å². The second-order valence-electron chi connectivity index (χ2n) is 4.21. The van der Waals surface area contributed by atoms with Crippen molar-refractivity contribution in [3.63, 3.8) is 0 Å². The summed E-state index contributed by atoms with van der Waals surface area (Å²) in [6.45, 7) is 1.29. The van der Waals surface area contributed by atoms with Gasteiger partial charge in [-0.1, -0.05) is 11.6 Å². The van der Waals surface area contributed by atoms with E-state index in [9.17, 15) is 18.0 Å². The molecule has 1 aromatic heterocycles. The molecule has 106 valence electrons. The molecule has 0 aromatic carbocycles. The first-order valence-corrected chi connectivity index (χ1v) is 8.27. The van der Waals surface area contributed by atoms with Crippen molar-refractivity contribution in [3.05, 3.63) is 21.3 Å². The Morgan fingerprint density at radius 1 is 1.37 bits per heavy atom. The molecule has 5 nitrogen and oxygen atoms in total. The predicted molar refractivity (Wildman–Crippen MR) is 75.6 cm³/mol. The number of rotatable bonds is 5. The molecule has 0 aliphatic heterocycles. The number of ketones is 1. The van der Waals surface area contributed by atoms with Gasteiger partial charge in [-0.2, -0.15) is 0 Å². The fraction of sp³-hybridized carbons (Fsp3) is 0.455. The third-order valence-electron chi connectivity index (χ3n) is 2.55. The fourth-order valence-corrected chi connectivity index (χ4v) is 3.69. The lowest BCUT2D eigenvalue weighted by Gasteiger charge is -2.14. The van der Waals surface area contributed by atoms with Crippen LogP contribution in [0.4, 0.5) is 0 Å². The average Bonchev–Trinajstić information content (AvgIpc) is 2.73. The molecule has 8 heteroatoms. The van der Waals surface area contributed by atoms with Gasteiger partial charge < -0.3 is 4.90 Å². The third kappa shape index (κ3) is 4.02. The smallest absolute Gasteiger partial charge is 0.237 e. The topological polar surface area (TPSA) is 71.5 Å². The highest BCUT2D eigenvalue weighted by Gasteiger charge is 2.32. The van der Waals surface area contributed by atoms with Crippen molar-refractivity contribution in [2.75, 3.05) is 19.8 Å². The van der Waals surface area contributed by atoms with Crippen LogP contribution in [0, 0.1) is 0 Å². The highest BCUT2D eigenvalue weighted by Crippen LogP contribution is 2.24. The zero-order chi connectivity index (χ0) is 14.8. The third-order valence-corrected chi connectivity index (χ3v) is 5.73. The molecule has 1 unspecified atom stereocenters. The van der Waals surface area contributed by atoms with E-state index < -0.39 is 32.5 Å². The molecule has 0 bridgehead atoms. The van der Waals surface area contributed by atoms with Gasteiger partial charge in [-0.05, 0) is 19.1 Å². The zero-order valence-corrected chi connectivity index (χ0v) is 13.1. The van der Waals surface area contributed by atoms with E-state index >= 15 is 0 Å². The van der Waals surface area contributed by atoms with E-state index in [1.807, 2.05) is 0 Å². The number of carbonyl (C=O) groups excluding carboxylic acids is 2. The second-order valence-corrected chi connectivity index (χ2v) is 8.24. The molecular formula is C11H14ClNO4S2. The molecule has 0 spiro atoms. The molecule has 0 saturated carbocycles. The van der Waals surface area contributed by atoms with Crippen molar-refractivity contribution in [2.45, 2.75) is 12.2 Å². The van der Waals surface area contributed by atoms with Crippen LogP contribution in [0.3, 0.4) is 0 Å².